The number of nitrogens with zero attached hydrogens (tertiary/aromatic N) is 1. The topological polar surface area (TPSA) is 66.5 Å². The maximum atomic E-state index is 12.7. The van der Waals surface area contributed by atoms with Gasteiger partial charge in [-0.1, -0.05) is 12.1 Å². The zero-order chi connectivity index (χ0) is 18.9. The Morgan fingerprint density at radius 1 is 0.889 bits per heavy atom. The fraction of sp³-hybridized carbons (Fsp3) is 0.381. The molecule has 142 valence electrons. The van der Waals surface area contributed by atoms with E-state index in [1.165, 1.54) is 21.9 Å². The maximum absolute atomic E-state index is 12.7. The van der Waals surface area contributed by atoms with Gasteiger partial charge in [0.05, 0.1) is 4.90 Å². The minimum absolute atomic E-state index is 0.209. The van der Waals surface area contributed by atoms with Crippen molar-refractivity contribution in [2.75, 3.05) is 18.4 Å². The average Bonchev–Trinajstić information content (AvgIpc) is 3.23. The highest BCUT2D eigenvalue weighted by molar-refractivity contribution is 7.89. The number of nitrogens with one attached hydrogen (secondary N) is 1. The molecule has 0 bridgehead atoms. The Labute approximate surface area is 160 Å². The number of sulfonamides is 1. The van der Waals surface area contributed by atoms with Gasteiger partial charge in [0.1, 0.15) is 0 Å². The van der Waals surface area contributed by atoms with Crippen molar-refractivity contribution in [1.82, 2.24) is 4.31 Å². The van der Waals surface area contributed by atoms with Gasteiger partial charge in [-0.05, 0) is 80.0 Å². The molecule has 1 aliphatic heterocycles. The molecule has 27 heavy (non-hydrogen) atoms. The van der Waals surface area contributed by atoms with Crippen molar-refractivity contribution in [3.8, 4) is 0 Å². The third-order valence-electron chi connectivity index (χ3n) is 5.41. The highest BCUT2D eigenvalue weighted by Gasteiger charge is 2.27. The van der Waals surface area contributed by atoms with Crippen molar-refractivity contribution in [3.05, 3.63) is 59.2 Å². The first kappa shape index (κ1) is 18.2. The van der Waals surface area contributed by atoms with Crippen LogP contribution in [0.1, 0.15) is 47.2 Å². The number of benzene rings is 2. The monoisotopic (exact) mass is 384 g/mol. The molecule has 0 unspecified atom stereocenters. The Morgan fingerprint density at radius 3 is 2.41 bits per heavy atom. The number of hydrogen-bond acceptors (Lipinski definition) is 3. The molecule has 0 saturated carbocycles. The van der Waals surface area contributed by atoms with Crippen LogP contribution in [0.3, 0.4) is 0 Å². The summed E-state index contributed by atoms with van der Waals surface area (Å²) in [6.07, 6.45) is 6.25. The van der Waals surface area contributed by atoms with E-state index in [4.69, 9.17) is 0 Å². The number of hydrogen-bond donors (Lipinski definition) is 1. The normalized spacial score (nSPS) is 17.5. The number of amides is 1. The summed E-state index contributed by atoms with van der Waals surface area (Å²) in [6, 6.07) is 12.4. The summed E-state index contributed by atoms with van der Waals surface area (Å²) < 4.78 is 26.9. The highest BCUT2D eigenvalue weighted by atomic mass is 32.2. The lowest BCUT2D eigenvalue weighted by atomic mass is 9.90. The molecule has 1 heterocycles. The lowest BCUT2D eigenvalue weighted by Gasteiger charge is -2.17. The van der Waals surface area contributed by atoms with Gasteiger partial charge in [-0.2, -0.15) is 4.31 Å². The molecule has 1 amide bonds. The van der Waals surface area contributed by atoms with E-state index in [1.54, 1.807) is 24.3 Å². The third kappa shape index (κ3) is 3.77. The lowest BCUT2D eigenvalue weighted by Crippen LogP contribution is -2.27. The molecule has 2 aromatic carbocycles. The second-order valence-electron chi connectivity index (χ2n) is 7.28. The second kappa shape index (κ2) is 7.44. The van der Waals surface area contributed by atoms with Gasteiger partial charge in [0.15, 0.2) is 0 Å². The zero-order valence-electron chi connectivity index (χ0n) is 15.3. The predicted octanol–water partition coefficient (Wildman–Crippen LogP) is 3.60. The Morgan fingerprint density at radius 2 is 1.63 bits per heavy atom. The summed E-state index contributed by atoms with van der Waals surface area (Å²) in [5.74, 6) is -0.209. The standard InChI is InChI=1S/C21H24N2O3S/c24-21(18-11-10-16-6-1-2-7-17(16)14-18)22-19-8-5-9-20(15-19)27(25,26)23-12-3-4-13-23/h5,8-11,14-15H,1-4,6-7,12-13H2,(H,22,24). The van der Waals surface area contributed by atoms with E-state index >= 15 is 0 Å². The smallest absolute Gasteiger partial charge is 0.255 e. The number of fused-ring (bicyclic) bond motifs is 1. The molecule has 2 aromatic rings. The van der Waals surface area contributed by atoms with Crippen LogP contribution in [0.2, 0.25) is 0 Å². The summed E-state index contributed by atoms with van der Waals surface area (Å²) in [6.45, 7) is 1.13. The molecular formula is C21H24N2O3S. The largest absolute Gasteiger partial charge is 0.322 e. The van der Waals surface area contributed by atoms with Crippen molar-refractivity contribution < 1.29 is 13.2 Å². The molecule has 1 aliphatic carbocycles. The number of aryl methyl sites for hydroxylation is 2. The van der Waals surface area contributed by atoms with E-state index in [-0.39, 0.29) is 10.8 Å². The summed E-state index contributed by atoms with van der Waals surface area (Å²) in [5.41, 5.74) is 3.69. The molecule has 6 heteroatoms. The Bertz CT molecular complexity index is 963. The quantitative estimate of drug-likeness (QED) is 0.876. The second-order valence-corrected chi connectivity index (χ2v) is 9.22. The number of anilines is 1. The Hall–Kier alpha value is -2.18. The van der Waals surface area contributed by atoms with Crippen molar-refractivity contribution in [3.63, 3.8) is 0 Å². The van der Waals surface area contributed by atoms with Gasteiger partial charge in [-0.15, -0.1) is 0 Å². The van der Waals surface area contributed by atoms with Gasteiger partial charge in [-0.25, -0.2) is 8.42 Å². The van der Waals surface area contributed by atoms with Crippen LogP contribution in [0.4, 0.5) is 5.69 Å². The van der Waals surface area contributed by atoms with Gasteiger partial charge < -0.3 is 5.32 Å². The Kier molecular flexibility index (Phi) is 5.02. The summed E-state index contributed by atoms with van der Waals surface area (Å²) in [4.78, 5) is 12.9. The first-order valence-corrected chi connectivity index (χ1v) is 11.0. The van der Waals surface area contributed by atoms with Crippen LogP contribution in [0.15, 0.2) is 47.4 Å². The Balaban J connectivity index is 1.54. The summed E-state index contributed by atoms with van der Waals surface area (Å²) >= 11 is 0. The molecule has 0 radical (unpaired) electrons. The molecule has 5 nitrogen and oxygen atoms in total. The van der Waals surface area contributed by atoms with E-state index < -0.39 is 10.0 Å². The van der Waals surface area contributed by atoms with E-state index in [9.17, 15) is 13.2 Å². The van der Waals surface area contributed by atoms with Crippen LogP contribution in [0, 0.1) is 0 Å². The van der Waals surface area contributed by atoms with Crippen molar-refractivity contribution >= 4 is 21.6 Å². The van der Waals surface area contributed by atoms with Crippen LogP contribution in [-0.2, 0) is 22.9 Å². The van der Waals surface area contributed by atoms with Crippen LogP contribution in [-0.4, -0.2) is 31.7 Å². The third-order valence-corrected chi connectivity index (χ3v) is 7.30. The predicted molar refractivity (Wildman–Crippen MR) is 105 cm³/mol. The maximum Gasteiger partial charge on any atom is 0.255 e. The minimum Gasteiger partial charge on any atom is -0.322 e. The zero-order valence-corrected chi connectivity index (χ0v) is 16.1. The molecule has 1 fully saturated rings. The van der Waals surface area contributed by atoms with Crippen molar-refractivity contribution in [2.45, 2.75) is 43.4 Å². The number of carbonyl (C=O) groups excluding carboxylic acids is 1. The first-order valence-electron chi connectivity index (χ1n) is 9.57. The fourth-order valence-electron chi connectivity index (χ4n) is 3.89. The lowest BCUT2D eigenvalue weighted by molar-refractivity contribution is 0.102. The number of carbonyl (C=O) groups is 1. The summed E-state index contributed by atoms with van der Waals surface area (Å²) in [5, 5.41) is 2.85. The molecule has 0 atom stereocenters. The highest BCUT2D eigenvalue weighted by Crippen LogP contribution is 2.25. The molecule has 4 rings (SSSR count). The van der Waals surface area contributed by atoms with Gasteiger partial charge in [-0.3, -0.25) is 4.79 Å². The van der Waals surface area contributed by atoms with Gasteiger partial charge in [0, 0.05) is 24.3 Å². The minimum atomic E-state index is -3.49. The molecule has 2 aliphatic rings. The number of rotatable bonds is 4. The molecule has 0 spiro atoms. The SMILES string of the molecule is O=C(Nc1cccc(S(=O)(=O)N2CCCC2)c1)c1ccc2c(c1)CCCC2. The molecule has 0 aromatic heterocycles. The van der Waals surface area contributed by atoms with E-state index in [0.29, 0.717) is 24.3 Å². The van der Waals surface area contributed by atoms with Gasteiger partial charge >= 0.3 is 0 Å². The van der Waals surface area contributed by atoms with Gasteiger partial charge in [0.25, 0.3) is 5.91 Å². The molecular weight excluding hydrogens is 360 g/mol. The van der Waals surface area contributed by atoms with E-state index in [1.807, 2.05) is 18.2 Å². The average molecular weight is 385 g/mol. The molecule has 1 N–H and O–H groups in total. The van der Waals surface area contributed by atoms with E-state index in [0.717, 1.165) is 32.1 Å². The first-order chi connectivity index (χ1) is 13.0. The molecule has 1 saturated heterocycles. The van der Waals surface area contributed by atoms with Gasteiger partial charge in [0.2, 0.25) is 10.0 Å². The van der Waals surface area contributed by atoms with Crippen LogP contribution in [0.25, 0.3) is 0 Å². The van der Waals surface area contributed by atoms with E-state index in [2.05, 4.69) is 5.32 Å². The van der Waals surface area contributed by atoms with Crippen LogP contribution < -0.4 is 5.32 Å². The summed E-state index contributed by atoms with van der Waals surface area (Å²) in [7, 11) is -3.49. The van der Waals surface area contributed by atoms with Crippen molar-refractivity contribution in [2.24, 2.45) is 0 Å². The van der Waals surface area contributed by atoms with Crippen LogP contribution in [0.5, 0.6) is 0 Å². The van der Waals surface area contributed by atoms with Crippen LogP contribution >= 0.6 is 0 Å². The fourth-order valence-corrected chi connectivity index (χ4v) is 5.45. The van der Waals surface area contributed by atoms with Crippen molar-refractivity contribution in [1.29, 1.82) is 0 Å².